The van der Waals surface area contributed by atoms with Crippen molar-refractivity contribution >= 4 is 5.97 Å². The van der Waals surface area contributed by atoms with Gasteiger partial charge in [0.25, 0.3) is 0 Å². The predicted molar refractivity (Wildman–Crippen MR) is 29.5 cm³/mol. The molecule has 0 rings (SSSR count). The van der Waals surface area contributed by atoms with Crippen LogP contribution in [0.2, 0.25) is 0 Å². The molecule has 4 N–H and O–H groups in total. The largest absolute Gasteiger partial charge is 1.00 e. The molecule has 0 bridgehead atoms. The average Bonchev–Trinajstić information content (AvgIpc) is 1.64. The Morgan fingerprint density at radius 2 is 2.00 bits per heavy atom. The SMILES string of the molecule is CC(O)C(N)C(=O)O.[H-].[H-].[K+].[Na+]. The molecule has 0 amide bonds. The Bertz CT molecular complexity index is 108. The Labute approximate surface area is 127 Å². The number of nitrogens with two attached hydrogens (primary N) is 1. The molecule has 0 aliphatic carbocycles. The van der Waals surface area contributed by atoms with Crippen LogP contribution in [0.3, 0.4) is 0 Å². The van der Waals surface area contributed by atoms with Crippen LogP contribution in [0.1, 0.15) is 9.78 Å². The van der Waals surface area contributed by atoms with E-state index < -0.39 is 18.1 Å². The maximum atomic E-state index is 9.86. The van der Waals surface area contributed by atoms with Crippen molar-refractivity contribution in [1.82, 2.24) is 0 Å². The first kappa shape index (κ1) is 17.9. The van der Waals surface area contributed by atoms with Gasteiger partial charge in [-0.2, -0.15) is 0 Å². The van der Waals surface area contributed by atoms with E-state index >= 15 is 0 Å². The molecule has 0 spiro atoms. The van der Waals surface area contributed by atoms with Crippen molar-refractivity contribution in [3.63, 3.8) is 0 Å². The third-order valence-electron chi connectivity index (χ3n) is 0.805. The van der Waals surface area contributed by atoms with E-state index in [2.05, 4.69) is 0 Å². The summed E-state index contributed by atoms with van der Waals surface area (Å²) in [5.74, 6) is -1.18. The van der Waals surface area contributed by atoms with Crippen molar-refractivity contribution in [2.75, 3.05) is 0 Å². The second-order valence-corrected chi connectivity index (χ2v) is 1.60. The molecule has 0 aromatic rings. The van der Waals surface area contributed by atoms with E-state index in [-0.39, 0.29) is 83.8 Å². The smallest absolute Gasteiger partial charge is 1.00 e. The van der Waals surface area contributed by atoms with Crippen LogP contribution in [0.4, 0.5) is 0 Å². The molecule has 0 radical (unpaired) electrons. The first-order valence-corrected chi connectivity index (χ1v) is 2.22. The summed E-state index contributed by atoms with van der Waals surface area (Å²) in [7, 11) is 0. The zero-order chi connectivity index (χ0) is 6.73. The quantitative estimate of drug-likeness (QED) is 0.371. The number of carboxylic acid groups (broad SMARTS) is 1. The zero-order valence-electron chi connectivity index (χ0n) is 8.53. The summed E-state index contributed by atoms with van der Waals surface area (Å²) in [5.41, 5.74) is 4.91. The number of aliphatic hydroxyl groups is 1. The maximum absolute atomic E-state index is 9.86. The molecule has 10 heavy (non-hydrogen) atoms. The van der Waals surface area contributed by atoms with Gasteiger partial charge in [0.05, 0.1) is 6.10 Å². The van der Waals surface area contributed by atoms with Gasteiger partial charge in [0.2, 0.25) is 0 Å². The second kappa shape index (κ2) is 9.12. The van der Waals surface area contributed by atoms with Crippen molar-refractivity contribution in [2.24, 2.45) is 5.73 Å². The Morgan fingerprint density at radius 1 is 1.70 bits per heavy atom. The minimum atomic E-state index is -1.18. The summed E-state index contributed by atoms with van der Waals surface area (Å²) in [5, 5.41) is 16.6. The monoisotopic (exact) mass is 183 g/mol. The number of aliphatic hydroxyl groups excluding tert-OH is 1. The number of hydrogen-bond acceptors (Lipinski definition) is 3. The van der Waals surface area contributed by atoms with E-state index in [1.54, 1.807) is 0 Å². The third kappa shape index (κ3) is 8.13. The number of carbonyl (C=O) groups is 1. The van der Waals surface area contributed by atoms with Gasteiger partial charge in [-0.1, -0.05) is 0 Å². The topological polar surface area (TPSA) is 83.5 Å². The Kier molecular flexibility index (Phi) is 16.4. The van der Waals surface area contributed by atoms with Gasteiger partial charge < -0.3 is 18.8 Å². The molecule has 0 aromatic heterocycles. The fourth-order valence-corrected chi connectivity index (χ4v) is 0.206. The molecule has 2 atom stereocenters. The first-order chi connectivity index (χ1) is 3.55. The Balaban J connectivity index is -0.0000000408. The number of carboxylic acids is 1. The van der Waals surface area contributed by atoms with Crippen LogP contribution in [-0.4, -0.2) is 28.3 Å². The van der Waals surface area contributed by atoms with Crippen molar-refractivity contribution in [2.45, 2.75) is 19.1 Å². The second-order valence-electron chi connectivity index (χ2n) is 1.60. The molecule has 0 aromatic carbocycles. The summed E-state index contributed by atoms with van der Waals surface area (Å²) < 4.78 is 0. The molecule has 2 unspecified atom stereocenters. The van der Waals surface area contributed by atoms with E-state index in [1.807, 2.05) is 0 Å². The van der Waals surface area contributed by atoms with Crippen LogP contribution >= 0.6 is 0 Å². The molecule has 0 aliphatic rings. The minimum Gasteiger partial charge on any atom is -1.00 e. The van der Waals surface area contributed by atoms with Crippen LogP contribution in [-0.2, 0) is 4.79 Å². The standard InChI is InChI=1S/C4H9NO3.K.Na.2H/c1-2(6)3(5)4(7)8;;;;/h2-3,6H,5H2,1H3,(H,7,8);;;;/q;2*+1;2*-1. The molecular weight excluding hydrogens is 172 g/mol. The van der Waals surface area contributed by atoms with Crippen LogP contribution in [0.25, 0.3) is 0 Å². The molecule has 0 aliphatic heterocycles. The molecule has 6 heteroatoms. The number of aliphatic carboxylic acids is 1. The normalized spacial score (nSPS) is 13.9. The first-order valence-electron chi connectivity index (χ1n) is 2.22. The summed E-state index contributed by atoms with van der Waals surface area (Å²) in [4.78, 5) is 9.86. The molecule has 52 valence electrons. The third-order valence-corrected chi connectivity index (χ3v) is 0.805. The van der Waals surface area contributed by atoms with Crippen molar-refractivity contribution in [3.05, 3.63) is 0 Å². The minimum absolute atomic E-state index is 0. The van der Waals surface area contributed by atoms with E-state index in [9.17, 15) is 4.79 Å². The van der Waals surface area contributed by atoms with E-state index in [1.165, 1.54) is 6.92 Å². The molecule has 0 heterocycles. The van der Waals surface area contributed by atoms with Crippen LogP contribution < -0.4 is 86.7 Å². The zero-order valence-corrected chi connectivity index (χ0v) is 11.7. The fourth-order valence-electron chi connectivity index (χ4n) is 0.206. The van der Waals surface area contributed by atoms with Gasteiger partial charge in [-0.15, -0.1) is 0 Å². The van der Waals surface area contributed by atoms with Gasteiger partial charge in [-0.3, -0.25) is 4.79 Å². The molecule has 0 fully saturated rings. The van der Waals surface area contributed by atoms with Gasteiger partial charge in [0.1, 0.15) is 6.04 Å². The van der Waals surface area contributed by atoms with Crippen molar-refractivity contribution < 1.29 is 98.8 Å². The van der Waals surface area contributed by atoms with Crippen molar-refractivity contribution in [3.8, 4) is 0 Å². The van der Waals surface area contributed by atoms with Gasteiger partial charge in [0.15, 0.2) is 0 Å². The summed E-state index contributed by atoms with van der Waals surface area (Å²) >= 11 is 0. The fraction of sp³-hybridized carbons (Fsp3) is 0.750. The summed E-state index contributed by atoms with van der Waals surface area (Å²) in [6.07, 6.45) is -0.979. The van der Waals surface area contributed by atoms with Gasteiger partial charge in [-0.05, 0) is 6.92 Å². The molecule has 4 nitrogen and oxygen atoms in total. The van der Waals surface area contributed by atoms with Gasteiger partial charge >= 0.3 is 86.9 Å². The number of hydrogen-bond donors (Lipinski definition) is 3. The van der Waals surface area contributed by atoms with E-state index in [0.717, 1.165) is 0 Å². The maximum Gasteiger partial charge on any atom is 1.00 e. The van der Waals surface area contributed by atoms with Crippen LogP contribution in [0, 0.1) is 0 Å². The van der Waals surface area contributed by atoms with Gasteiger partial charge in [-0.25, -0.2) is 0 Å². The van der Waals surface area contributed by atoms with Crippen molar-refractivity contribution in [1.29, 1.82) is 0 Å². The average molecular weight is 183 g/mol. The van der Waals surface area contributed by atoms with Crippen LogP contribution in [0.15, 0.2) is 0 Å². The molecular formula is C4H11KNNaO3. The van der Waals surface area contributed by atoms with Gasteiger partial charge in [0, 0.05) is 0 Å². The van der Waals surface area contributed by atoms with E-state index in [4.69, 9.17) is 15.9 Å². The molecule has 0 saturated carbocycles. The van der Waals surface area contributed by atoms with Crippen LogP contribution in [0.5, 0.6) is 0 Å². The predicted octanol–water partition coefficient (Wildman–Crippen LogP) is -6.99. The number of rotatable bonds is 2. The summed E-state index contributed by atoms with van der Waals surface area (Å²) in [6, 6.07) is -1.16. The van der Waals surface area contributed by atoms with E-state index in [0.29, 0.717) is 0 Å². The Morgan fingerprint density at radius 3 is 2.00 bits per heavy atom. The molecule has 0 saturated heterocycles. The summed E-state index contributed by atoms with van der Waals surface area (Å²) in [6.45, 7) is 1.33. The Hall–Kier alpha value is 2.03.